The van der Waals surface area contributed by atoms with Crippen LogP contribution < -0.4 is 5.32 Å². The zero-order valence-corrected chi connectivity index (χ0v) is 20.2. The molecule has 30 heavy (non-hydrogen) atoms. The second kappa shape index (κ2) is 12.4. The van der Waals surface area contributed by atoms with E-state index < -0.39 is 0 Å². The molecule has 0 radical (unpaired) electrons. The van der Waals surface area contributed by atoms with Crippen LogP contribution in [0.15, 0.2) is 34.9 Å². The van der Waals surface area contributed by atoms with Crippen molar-refractivity contribution in [3.63, 3.8) is 0 Å². The molecule has 3 unspecified atom stereocenters. The summed E-state index contributed by atoms with van der Waals surface area (Å²) >= 11 is 0. The molecule has 3 heteroatoms. The van der Waals surface area contributed by atoms with Crippen molar-refractivity contribution in [1.29, 1.82) is 0 Å². The first-order valence-electron chi connectivity index (χ1n) is 12.2. The summed E-state index contributed by atoms with van der Waals surface area (Å²) in [7, 11) is 0. The standard InChI is InChI=1S/C27H45NO2.H2/c1-6-24-18-25-14-9-16-27(19-24,20-25)28-26(29)30-17-15-23(5)13-8-12-22(4)11-7-10-21(2)3;/h10,12,15,24-25H,6-9,11,13-14,16-20H2,1-5H3,(H,28,29);1H/b22-12+,23-15+;. The van der Waals surface area contributed by atoms with Gasteiger partial charge in [0.15, 0.2) is 0 Å². The number of fused-ring (bicyclic) bond motifs is 2. The molecule has 1 amide bonds. The van der Waals surface area contributed by atoms with E-state index in [-0.39, 0.29) is 13.1 Å². The predicted octanol–water partition coefficient (Wildman–Crippen LogP) is 8.13. The van der Waals surface area contributed by atoms with Gasteiger partial charge < -0.3 is 10.1 Å². The molecule has 2 aliphatic rings. The minimum Gasteiger partial charge on any atom is -0.445 e. The zero-order valence-electron chi connectivity index (χ0n) is 20.2. The maximum Gasteiger partial charge on any atom is 0.407 e. The van der Waals surface area contributed by atoms with E-state index in [4.69, 9.17) is 4.74 Å². The Morgan fingerprint density at radius 1 is 1.07 bits per heavy atom. The third kappa shape index (κ3) is 8.70. The Morgan fingerprint density at radius 3 is 2.47 bits per heavy atom. The smallest absolute Gasteiger partial charge is 0.407 e. The summed E-state index contributed by atoms with van der Waals surface area (Å²) in [5.74, 6) is 1.54. The zero-order chi connectivity index (χ0) is 22.0. The summed E-state index contributed by atoms with van der Waals surface area (Å²) in [6.45, 7) is 11.3. The molecule has 0 heterocycles. The highest BCUT2D eigenvalue weighted by molar-refractivity contribution is 5.68. The number of ether oxygens (including phenoxy) is 1. The molecular weight excluding hydrogens is 370 g/mol. The van der Waals surface area contributed by atoms with Crippen molar-refractivity contribution in [3.8, 4) is 0 Å². The van der Waals surface area contributed by atoms with Crippen LogP contribution in [0, 0.1) is 11.8 Å². The second-order valence-corrected chi connectivity index (χ2v) is 10.1. The number of hydrogen-bond donors (Lipinski definition) is 1. The highest BCUT2D eigenvalue weighted by Crippen LogP contribution is 2.46. The van der Waals surface area contributed by atoms with Gasteiger partial charge in [-0.2, -0.15) is 0 Å². The SMILES string of the molecule is CCC1CC2CCCC(NC(=O)OC/C=C(\C)CC/C=C(\C)CCC=C(C)C)(C1)C2.[HH]. The minimum absolute atomic E-state index is 0. The molecule has 3 atom stereocenters. The van der Waals surface area contributed by atoms with Crippen LogP contribution in [-0.2, 0) is 4.74 Å². The van der Waals surface area contributed by atoms with Crippen LogP contribution >= 0.6 is 0 Å². The van der Waals surface area contributed by atoms with Gasteiger partial charge in [0.05, 0.1) is 0 Å². The normalized spacial score (nSPS) is 26.8. The largest absolute Gasteiger partial charge is 0.445 e. The molecule has 0 saturated heterocycles. The molecule has 2 saturated carbocycles. The van der Waals surface area contributed by atoms with Gasteiger partial charge in [0, 0.05) is 6.97 Å². The quantitative estimate of drug-likeness (QED) is 0.364. The van der Waals surface area contributed by atoms with Crippen LogP contribution in [0.2, 0.25) is 0 Å². The Bertz CT molecular complexity index is 648. The number of hydrogen-bond acceptors (Lipinski definition) is 2. The van der Waals surface area contributed by atoms with Crippen molar-refractivity contribution < 1.29 is 11.0 Å². The first-order chi connectivity index (χ1) is 14.3. The van der Waals surface area contributed by atoms with E-state index >= 15 is 0 Å². The molecule has 0 aromatic carbocycles. The first-order valence-corrected chi connectivity index (χ1v) is 12.2. The van der Waals surface area contributed by atoms with Gasteiger partial charge in [0.2, 0.25) is 0 Å². The second-order valence-electron chi connectivity index (χ2n) is 10.1. The fourth-order valence-corrected chi connectivity index (χ4v) is 5.31. The van der Waals surface area contributed by atoms with E-state index in [2.05, 4.69) is 58.2 Å². The lowest BCUT2D eigenvalue weighted by molar-refractivity contribution is 0.0667. The molecule has 1 N–H and O–H groups in total. The Balaban J connectivity index is 0.00000480. The van der Waals surface area contributed by atoms with Gasteiger partial charge in [0.25, 0.3) is 0 Å². The number of carbonyl (C=O) groups is 1. The molecule has 2 bridgehead atoms. The third-order valence-electron chi connectivity index (χ3n) is 7.01. The van der Waals surface area contributed by atoms with Crippen LogP contribution in [-0.4, -0.2) is 18.2 Å². The monoisotopic (exact) mass is 417 g/mol. The lowest BCUT2D eigenvalue weighted by Gasteiger charge is -2.48. The Labute approximate surface area is 186 Å². The van der Waals surface area contributed by atoms with Crippen LogP contribution in [0.25, 0.3) is 0 Å². The number of allylic oxidation sites excluding steroid dienone is 5. The number of nitrogens with one attached hydrogen (secondary N) is 1. The average molecular weight is 418 g/mol. The summed E-state index contributed by atoms with van der Waals surface area (Å²) in [5, 5.41) is 3.28. The number of alkyl carbamates (subject to hydrolysis) is 1. The van der Waals surface area contributed by atoms with Crippen LogP contribution in [0.5, 0.6) is 0 Å². The molecule has 3 nitrogen and oxygen atoms in total. The summed E-state index contributed by atoms with van der Waals surface area (Å²) in [5.41, 5.74) is 4.13. The molecule has 0 aromatic heterocycles. The minimum atomic E-state index is -0.230. The average Bonchev–Trinajstić information content (AvgIpc) is 2.67. The van der Waals surface area contributed by atoms with Gasteiger partial charge in [0.1, 0.15) is 6.61 Å². The van der Waals surface area contributed by atoms with Crippen molar-refractivity contribution >= 4 is 6.09 Å². The van der Waals surface area contributed by atoms with Crippen LogP contribution in [0.1, 0.15) is 107 Å². The maximum atomic E-state index is 12.5. The highest BCUT2D eigenvalue weighted by Gasteiger charge is 2.43. The van der Waals surface area contributed by atoms with Crippen molar-refractivity contribution in [2.45, 2.75) is 111 Å². The van der Waals surface area contributed by atoms with E-state index in [0.717, 1.165) is 56.8 Å². The number of amides is 1. The van der Waals surface area contributed by atoms with E-state index in [9.17, 15) is 4.79 Å². The molecule has 2 fully saturated rings. The molecular formula is C27H47NO2. The molecule has 2 rings (SSSR count). The lowest BCUT2D eigenvalue weighted by Crippen LogP contribution is -2.55. The molecule has 172 valence electrons. The summed E-state index contributed by atoms with van der Waals surface area (Å²) in [4.78, 5) is 12.5. The summed E-state index contributed by atoms with van der Waals surface area (Å²) in [6.07, 6.45) is 19.3. The molecule has 0 aromatic rings. The van der Waals surface area contributed by atoms with Gasteiger partial charge in [-0.25, -0.2) is 4.79 Å². The van der Waals surface area contributed by atoms with Crippen molar-refractivity contribution in [2.24, 2.45) is 11.8 Å². The van der Waals surface area contributed by atoms with Crippen molar-refractivity contribution in [1.82, 2.24) is 5.32 Å². The van der Waals surface area contributed by atoms with Crippen molar-refractivity contribution in [3.05, 3.63) is 34.9 Å². The molecule has 0 aliphatic heterocycles. The Hall–Kier alpha value is -1.51. The Kier molecular flexibility index (Phi) is 10.2. The van der Waals surface area contributed by atoms with Gasteiger partial charge in [-0.1, -0.05) is 55.1 Å². The van der Waals surface area contributed by atoms with E-state index in [1.54, 1.807) is 0 Å². The fourth-order valence-electron chi connectivity index (χ4n) is 5.31. The van der Waals surface area contributed by atoms with Crippen LogP contribution in [0.3, 0.4) is 0 Å². The fraction of sp³-hybridized carbons (Fsp3) is 0.741. The van der Waals surface area contributed by atoms with Gasteiger partial charge in [-0.15, -0.1) is 0 Å². The first kappa shape index (κ1) is 24.8. The van der Waals surface area contributed by atoms with Crippen LogP contribution in [0.4, 0.5) is 4.79 Å². The van der Waals surface area contributed by atoms with E-state index in [1.807, 2.05) is 0 Å². The predicted molar refractivity (Wildman–Crippen MR) is 130 cm³/mol. The van der Waals surface area contributed by atoms with Gasteiger partial charge in [-0.3, -0.25) is 0 Å². The highest BCUT2D eigenvalue weighted by atomic mass is 16.5. The maximum absolute atomic E-state index is 12.5. The lowest BCUT2D eigenvalue weighted by atomic mass is 9.63. The van der Waals surface area contributed by atoms with Gasteiger partial charge >= 0.3 is 6.09 Å². The topological polar surface area (TPSA) is 38.3 Å². The number of carbonyl (C=O) groups excluding carboxylic acids is 1. The number of rotatable bonds is 10. The van der Waals surface area contributed by atoms with Crippen molar-refractivity contribution in [2.75, 3.05) is 6.61 Å². The van der Waals surface area contributed by atoms with Gasteiger partial charge in [-0.05, 0) is 97.0 Å². The Morgan fingerprint density at radius 2 is 1.77 bits per heavy atom. The summed E-state index contributed by atoms with van der Waals surface area (Å²) < 4.78 is 5.53. The third-order valence-corrected chi connectivity index (χ3v) is 7.01. The summed E-state index contributed by atoms with van der Waals surface area (Å²) in [6, 6.07) is 0. The van der Waals surface area contributed by atoms with E-state index in [0.29, 0.717) is 6.61 Å². The molecule has 0 spiro atoms. The van der Waals surface area contributed by atoms with E-state index in [1.165, 1.54) is 42.4 Å². The molecule has 2 aliphatic carbocycles.